The Kier molecular flexibility index (Phi) is 2.93. The number of nitrogens with zero attached hydrogens (tertiary/aromatic N) is 1. The van der Waals surface area contributed by atoms with E-state index < -0.39 is 29.2 Å². The van der Waals surface area contributed by atoms with Crippen LogP contribution in [0.15, 0.2) is 0 Å². The topological polar surface area (TPSA) is 116 Å². The lowest BCUT2D eigenvalue weighted by Gasteiger charge is -2.26. The molecule has 4 amide bonds. The molecule has 2 fully saturated rings. The Balaban J connectivity index is 1.86. The number of urea groups is 1. The van der Waals surface area contributed by atoms with E-state index in [9.17, 15) is 19.2 Å². The second-order valence-corrected chi connectivity index (χ2v) is 4.57. The zero-order chi connectivity index (χ0) is 13.3. The molecule has 1 heterocycles. The van der Waals surface area contributed by atoms with Crippen molar-refractivity contribution in [3.05, 3.63) is 0 Å². The Bertz CT molecular complexity index is 413. The Hall–Kier alpha value is -2.12. The zero-order valence-corrected chi connectivity index (χ0v) is 9.56. The second-order valence-electron chi connectivity index (χ2n) is 4.57. The summed E-state index contributed by atoms with van der Waals surface area (Å²) in [5.74, 6) is -2.02. The summed E-state index contributed by atoms with van der Waals surface area (Å²) >= 11 is 0. The largest absolute Gasteiger partial charge is 0.481 e. The summed E-state index contributed by atoms with van der Waals surface area (Å²) in [6.07, 6.45) is 1.06. The van der Waals surface area contributed by atoms with E-state index in [1.807, 2.05) is 0 Å². The van der Waals surface area contributed by atoms with Crippen molar-refractivity contribution < 1.29 is 24.3 Å². The molecule has 1 aliphatic heterocycles. The fourth-order valence-electron chi connectivity index (χ4n) is 1.75. The van der Waals surface area contributed by atoms with Crippen LogP contribution in [0.25, 0.3) is 0 Å². The van der Waals surface area contributed by atoms with Gasteiger partial charge in [-0.3, -0.25) is 19.7 Å². The van der Waals surface area contributed by atoms with Crippen molar-refractivity contribution in [3.63, 3.8) is 0 Å². The molecule has 0 spiro atoms. The van der Waals surface area contributed by atoms with E-state index >= 15 is 0 Å². The molecule has 18 heavy (non-hydrogen) atoms. The van der Waals surface area contributed by atoms with Gasteiger partial charge in [0.2, 0.25) is 11.8 Å². The molecule has 0 aromatic heterocycles. The van der Waals surface area contributed by atoms with Crippen molar-refractivity contribution in [1.82, 2.24) is 15.5 Å². The van der Waals surface area contributed by atoms with E-state index in [1.165, 1.54) is 0 Å². The van der Waals surface area contributed by atoms with Crippen molar-refractivity contribution >= 4 is 23.8 Å². The van der Waals surface area contributed by atoms with Crippen molar-refractivity contribution in [3.8, 4) is 0 Å². The number of piperazine rings is 1. The standard InChI is InChI=1S/C10H13N3O5/c14-6-3-13(4-7(15)12-6)9(18)11-5-10(1-2-10)8(16)17/h1-5H2,(H,11,18)(H,16,17)(H,12,14,15). The number of rotatable bonds is 3. The normalized spacial score (nSPS) is 21.2. The molecule has 0 bridgehead atoms. The Labute approximate surface area is 102 Å². The molecule has 98 valence electrons. The summed E-state index contributed by atoms with van der Waals surface area (Å²) in [7, 11) is 0. The number of carboxylic acids is 1. The molecule has 0 unspecified atom stereocenters. The number of amides is 4. The first-order valence-electron chi connectivity index (χ1n) is 5.52. The molecule has 8 nitrogen and oxygen atoms in total. The maximum atomic E-state index is 11.7. The zero-order valence-electron chi connectivity index (χ0n) is 9.56. The van der Waals surface area contributed by atoms with Gasteiger partial charge < -0.3 is 15.3 Å². The molecular formula is C10H13N3O5. The second kappa shape index (κ2) is 4.28. The number of carboxylic acid groups (broad SMARTS) is 1. The fourth-order valence-corrected chi connectivity index (χ4v) is 1.75. The lowest BCUT2D eigenvalue weighted by atomic mass is 10.1. The van der Waals surface area contributed by atoms with Crippen molar-refractivity contribution in [2.45, 2.75) is 12.8 Å². The van der Waals surface area contributed by atoms with Gasteiger partial charge in [0.15, 0.2) is 0 Å². The molecule has 0 atom stereocenters. The summed E-state index contributed by atoms with van der Waals surface area (Å²) in [4.78, 5) is 45.7. The highest BCUT2D eigenvalue weighted by atomic mass is 16.4. The summed E-state index contributed by atoms with van der Waals surface area (Å²) in [6.45, 7) is -0.372. The van der Waals surface area contributed by atoms with Gasteiger partial charge in [0.25, 0.3) is 0 Å². The van der Waals surface area contributed by atoms with Crippen LogP contribution in [0.1, 0.15) is 12.8 Å². The minimum Gasteiger partial charge on any atom is -0.481 e. The van der Waals surface area contributed by atoms with Gasteiger partial charge in [-0.2, -0.15) is 0 Å². The first kappa shape index (κ1) is 12.3. The van der Waals surface area contributed by atoms with Gasteiger partial charge in [-0.1, -0.05) is 0 Å². The first-order chi connectivity index (χ1) is 8.43. The molecule has 8 heteroatoms. The fraction of sp³-hybridized carbons (Fsp3) is 0.600. The van der Waals surface area contributed by atoms with E-state index in [-0.39, 0.29) is 19.6 Å². The minimum atomic E-state index is -0.935. The lowest BCUT2D eigenvalue weighted by molar-refractivity contribution is -0.143. The Morgan fingerprint density at radius 3 is 2.28 bits per heavy atom. The number of carbonyl (C=O) groups excluding carboxylic acids is 3. The number of hydrogen-bond acceptors (Lipinski definition) is 4. The maximum absolute atomic E-state index is 11.7. The third-order valence-electron chi connectivity index (χ3n) is 3.12. The Morgan fingerprint density at radius 1 is 1.28 bits per heavy atom. The van der Waals surface area contributed by atoms with Gasteiger partial charge in [-0.15, -0.1) is 0 Å². The third-order valence-corrected chi connectivity index (χ3v) is 3.12. The highest BCUT2D eigenvalue weighted by molar-refractivity contribution is 6.02. The van der Waals surface area contributed by atoms with Crippen LogP contribution in [-0.4, -0.2) is 53.5 Å². The van der Waals surface area contributed by atoms with Crippen LogP contribution in [0.2, 0.25) is 0 Å². The quantitative estimate of drug-likeness (QED) is 0.532. The van der Waals surface area contributed by atoms with E-state index in [0.29, 0.717) is 12.8 Å². The molecule has 2 aliphatic rings. The molecule has 2 rings (SSSR count). The number of nitrogens with one attached hydrogen (secondary N) is 2. The van der Waals surface area contributed by atoms with E-state index in [0.717, 1.165) is 4.90 Å². The summed E-state index contributed by atoms with van der Waals surface area (Å²) < 4.78 is 0. The molecule has 1 saturated carbocycles. The monoisotopic (exact) mass is 255 g/mol. The minimum absolute atomic E-state index is 0.0213. The summed E-state index contributed by atoms with van der Waals surface area (Å²) in [5, 5.41) is 13.5. The number of aliphatic carboxylic acids is 1. The molecule has 0 radical (unpaired) electrons. The molecule has 0 aromatic carbocycles. The van der Waals surface area contributed by atoms with Crippen molar-refractivity contribution in [1.29, 1.82) is 0 Å². The molecule has 1 saturated heterocycles. The van der Waals surface area contributed by atoms with Gasteiger partial charge in [-0.05, 0) is 12.8 Å². The van der Waals surface area contributed by atoms with Crippen molar-refractivity contribution in [2.24, 2.45) is 5.41 Å². The smallest absolute Gasteiger partial charge is 0.318 e. The van der Waals surface area contributed by atoms with Crippen LogP contribution >= 0.6 is 0 Å². The van der Waals surface area contributed by atoms with Crippen LogP contribution in [0.4, 0.5) is 4.79 Å². The average Bonchev–Trinajstić information content (AvgIpc) is 3.05. The van der Waals surface area contributed by atoms with Gasteiger partial charge >= 0.3 is 12.0 Å². The van der Waals surface area contributed by atoms with Crippen LogP contribution in [0, 0.1) is 5.41 Å². The number of carbonyl (C=O) groups is 4. The summed E-state index contributed by atoms with van der Waals surface area (Å²) in [5.41, 5.74) is -0.863. The predicted molar refractivity (Wildman–Crippen MR) is 57.4 cm³/mol. The van der Waals surface area contributed by atoms with Crippen LogP contribution in [0.5, 0.6) is 0 Å². The number of imide groups is 1. The molecular weight excluding hydrogens is 242 g/mol. The van der Waals surface area contributed by atoms with Gasteiger partial charge in [0, 0.05) is 6.54 Å². The first-order valence-corrected chi connectivity index (χ1v) is 5.52. The van der Waals surface area contributed by atoms with E-state index in [4.69, 9.17) is 5.11 Å². The lowest BCUT2D eigenvalue weighted by Crippen LogP contribution is -2.56. The van der Waals surface area contributed by atoms with Crippen LogP contribution < -0.4 is 10.6 Å². The van der Waals surface area contributed by atoms with E-state index in [1.54, 1.807) is 0 Å². The summed E-state index contributed by atoms with van der Waals surface area (Å²) in [6, 6.07) is -0.592. The third kappa shape index (κ3) is 2.41. The van der Waals surface area contributed by atoms with Gasteiger partial charge in [0.1, 0.15) is 13.1 Å². The molecule has 0 aromatic rings. The van der Waals surface area contributed by atoms with Crippen LogP contribution in [0.3, 0.4) is 0 Å². The maximum Gasteiger partial charge on any atom is 0.318 e. The highest BCUT2D eigenvalue weighted by Crippen LogP contribution is 2.45. The van der Waals surface area contributed by atoms with E-state index in [2.05, 4.69) is 10.6 Å². The molecule has 1 aliphatic carbocycles. The SMILES string of the molecule is O=C1CN(C(=O)NCC2(C(=O)O)CC2)CC(=O)N1. The number of hydrogen-bond donors (Lipinski definition) is 3. The molecule has 3 N–H and O–H groups in total. The van der Waals surface area contributed by atoms with Gasteiger partial charge in [-0.25, -0.2) is 4.79 Å². The highest BCUT2D eigenvalue weighted by Gasteiger charge is 2.50. The van der Waals surface area contributed by atoms with Gasteiger partial charge in [0.05, 0.1) is 5.41 Å². The Morgan fingerprint density at radius 2 is 1.83 bits per heavy atom. The van der Waals surface area contributed by atoms with Crippen molar-refractivity contribution in [2.75, 3.05) is 19.6 Å². The average molecular weight is 255 g/mol. The predicted octanol–water partition coefficient (Wildman–Crippen LogP) is -1.48. The van der Waals surface area contributed by atoms with Crippen LogP contribution in [-0.2, 0) is 14.4 Å².